The standard InChI is InChI=1S/C15H15BrN4O2S/c1-2-11-9-13(21)20-15(18-11)23-14(19-20)17-6-7-22-12-5-3-4-10(16)8-12/h3-5,8-9H,2,6-7H2,1H3,(H,17,19). The molecule has 0 atom stereocenters. The third kappa shape index (κ3) is 3.89. The van der Waals surface area contributed by atoms with Crippen LogP contribution in [0.15, 0.2) is 39.6 Å². The first-order chi connectivity index (χ1) is 11.2. The zero-order chi connectivity index (χ0) is 16.2. The van der Waals surface area contributed by atoms with E-state index in [0.29, 0.717) is 23.2 Å². The maximum absolute atomic E-state index is 11.9. The molecule has 2 aromatic heterocycles. The summed E-state index contributed by atoms with van der Waals surface area (Å²) in [6.45, 7) is 3.05. The van der Waals surface area contributed by atoms with Gasteiger partial charge in [-0.15, -0.1) is 5.10 Å². The van der Waals surface area contributed by atoms with Crippen molar-refractivity contribution in [2.24, 2.45) is 0 Å². The predicted molar refractivity (Wildman–Crippen MR) is 94.6 cm³/mol. The molecule has 0 saturated carbocycles. The van der Waals surface area contributed by atoms with E-state index in [2.05, 4.69) is 31.3 Å². The van der Waals surface area contributed by atoms with Gasteiger partial charge in [-0.1, -0.05) is 40.3 Å². The van der Waals surface area contributed by atoms with Crippen LogP contribution < -0.4 is 15.6 Å². The van der Waals surface area contributed by atoms with E-state index < -0.39 is 0 Å². The molecule has 0 spiro atoms. The number of rotatable bonds is 6. The van der Waals surface area contributed by atoms with Crippen molar-refractivity contribution in [2.75, 3.05) is 18.5 Å². The smallest absolute Gasteiger partial charge is 0.275 e. The first kappa shape index (κ1) is 15.9. The summed E-state index contributed by atoms with van der Waals surface area (Å²) in [5, 5.41) is 8.04. The number of benzene rings is 1. The molecule has 0 radical (unpaired) electrons. The lowest BCUT2D eigenvalue weighted by Crippen LogP contribution is -2.16. The van der Waals surface area contributed by atoms with Crippen molar-refractivity contribution >= 4 is 37.4 Å². The number of hydrogen-bond acceptors (Lipinski definition) is 6. The van der Waals surface area contributed by atoms with Crippen LogP contribution in [0, 0.1) is 0 Å². The lowest BCUT2D eigenvalue weighted by Gasteiger charge is -2.06. The second-order valence-corrected chi connectivity index (χ2v) is 6.65. The highest BCUT2D eigenvalue weighted by Crippen LogP contribution is 2.18. The Morgan fingerprint density at radius 1 is 1.39 bits per heavy atom. The molecule has 0 saturated heterocycles. The molecule has 1 N–H and O–H groups in total. The van der Waals surface area contributed by atoms with E-state index in [1.165, 1.54) is 21.9 Å². The van der Waals surface area contributed by atoms with Gasteiger partial charge in [-0.2, -0.15) is 4.52 Å². The highest BCUT2D eigenvalue weighted by atomic mass is 79.9. The Morgan fingerprint density at radius 2 is 2.26 bits per heavy atom. The first-order valence-electron chi connectivity index (χ1n) is 7.18. The van der Waals surface area contributed by atoms with Crippen molar-refractivity contribution in [2.45, 2.75) is 13.3 Å². The van der Waals surface area contributed by atoms with Gasteiger partial charge in [-0.25, -0.2) is 4.98 Å². The third-order valence-corrected chi connectivity index (χ3v) is 4.46. The molecule has 3 rings (SSSR count). The summed E-state index contributed by atoms with van der Waals surface area (Å²) in [5.74, 6) is 0.802. The van der Waals surface area contributed by atoms with Gasteiger partial charge in [-0.05, 0) is 24.6 Å². The highest BCUT2D eigenvalue weighted by molar-refractivity contribution is 9.10. The number of aromatic nitrogens is 3. The Hall–Kier alpha value is -1.93. The topological polar surface area (TPSA) is 68.5 Å². The van der Waals surface area contributed by atoms with E-state index in [-0.39, 0.29) is 5.56 Å². The summed E-state index contributed by atoms with van der Waals surface area (Å²) in [6, 6.07) is 9.20. The van der Waals surface area contributed by atoms with Crippen LogP contribution in [0.3, 0.4) is 0 Å². The minimum Gasteiger partial charge on any atom is -0.492 e. The molecule has 0 amide bonds. The summed E-state index contributed by atoms with van der Waals surface area (Å²) < 4.78 is 7.94. The number of anilines is 1. The Kier molecular flexibility index (Phi) is 4.92. The van der Waals surface area contributed by atoms with E-state index in [1.807, 2.05) is 31.2 Å². The molecule has 0 aliphatic heterocycles. The zero-order valence-electron chi connectivity index (χ0n) is 12.5. The minimum absolute atomic E-state index is 0.151. The molecule has 8 heteroatoms. The van der Waals surface area contributed by atoms with Crippen LogP contribution in [0.25, 0.3) is 4.96 Å². The maximum Gasteiger partial charge on any atom is 0.275 e. The van der Waals surface area contributed by atoms with Crippen molar-refractivity contribution < 1.29 is 4.74 Å². The van der Waals surface area contributed by atoms with Gasteiger partial charge in [0.1, 0.15) is 12.4 Å². The summed E-state index contributed by atoms with van der Waals surface area (Å²) in [7, 11) is 0. The van der Waals surface area contributed by atoms with E-state index in [4.69, 9.17) is 4.74 Å². The second-order valence-electron chi connectivity index (χ2n) is 4.77. The minimum atomic E-state index is -0.151. The van der Waals surface area contributed by atoms with Gasteiger partial charge in [0.25, 0.3) is 5.56 Å². The molecule has 23 heavy (non-hydrogen) atoms. The van der Waals surface area contributed by atoms with Gasteiger partial charge in [0.15, 0.2) is 0 Å². The van der Waals surface area contributed by atoms with E-state index in [1.54, 1.807) is 0 Å². The Balaban J connectivity index is 1.61. The molecule has 0 aliphatic rings. The van der Waals surface area contributed by atoms with Crippen molar-refractivity contribution in [1.82, 2.24) is 14.6 Å². The quantitative estimate of drug-likeness (QED) is 0.650. The summed E-state index contributed by atoms with van der Waals surface area (Å²) in [4.78, 5) is 16.9. The fourth-order valence-electron chi connectivity index (χ4n) is 1.99. The monoisotopic (exact) mass is 394 g/mol. The van der Waals surface area contributed by atoms with E-state index in [9.17, 15) is 4.79 Å². The molecule has 120 valence electrons. The molecule has 0 aliphatic carbocycles. The molecular weight excluding hydrogens is 380 g/mol. The normalized spacial score (nSPS) is 10.9. The number of fused-ring (bicyclic) bond motifs is 1. The van der Waals surface area contributed by atoms with Crippen molar-refractivity contribution in [1.29, 1.82) is 0 Å². The maximum atomic E-state index is 11.9. The predicted octanol–water partition coefficient (Wildman–Crippen LogP) is 2.97. The van der Waals surface area contributed by atoms with Crippen molar-refractivity contribution in [3.63, 3.8) is 0 Å². The number of halogens is 1. The fourth-order valence-corrected chi connectivity index (χ4v) is 3.22. The third-order valence-electron chi connectivity index (χ3n) is 3.10. The molecule has 6 nitrogen and oxygen atoms in total. The van der Waals surface area contributed by atoms with E-state index in [0.717, 1.165) is 22.3 Å². The number of hydrogen-bond donors (Lipinski definition) is 1. The SMILES string of the molecule is CCc1cc(=O)n2nc(NCCOc3cccc(Br)c3)sc2n1. The summed E-state index contributed by atoms with van der Waals surface area (Å²) >= 11 is 4.76. The summed E-state index contributed by atoms with van der Waals surface area (Å²) in [6.07, 6.45) is 0.729. The lowest BCUT2D eigenvalue weighted by molar-refractivity contribution is 0.332. The van der Waals surface area contributed by atoms with Gasteiger partial charge in [-0.3, -0.25) is 4.79 Å². The van der Waals surface area contributed by atoms with Gasteiger partial charge in [0.05, 0.1) is 6.54 Å². The summed E-state index contributed by atoms with van der Waals surface area (Å²) in [5.41, 5.74) is 0.629. The van der Waals surface area contributed by atoms with Crippen LogP contribution >= 0.6 is 27.3 Å². The number of ether oxygens (including phenoxy) is 1. The average Bonchev–Trinajstić information content (AvgIpc) is 2.95. The lowest BCUT2D eigenvalue weighted by atomic mass is 10.3. The Morgan fingerprint density at radius 3 is 3.04 bits per heavy atom. The second kappa shape index (κ2) is 7.10. The Bertz CT molecular complexity index is 877. The largest absolute Gasteiger partial charge is 0.492 e. The van der Waals surface area contributed by atoms with Crippen LogP contribution in [-0.2, 0) is 6.42 Å². The highest BCUT2D eigenvalue weighted by Gasteiger charge is 2.08. The van der Waals surface area contributed by atoms with Crippen molar-refractivity contribution in [3.05, 3.63) is 50.9 Å². The van der Waals surface area contributed by atoms with Crippen LogP contribution in [0.1, 0.15) is 12.6 Å². The average molecular weight is 395 g/mol. The molecule has 0 unspecified atom stereocenters. The van der Waals surface area contributed by atoms with Gasteiger partial charge < -0.3 is 10.1 Å². The van der Waals surface area contributed by atoms with Gasteiger partial charge >= 0.3 is 0 Å². The van der Waals surface area contributed by atoms with Crippen LogP contribution in [0.5, 0.6) is 5.75 Å². The van der Waals surface area contributed by atoms with E-state index >= 15 is 0 Å². The molecule has 3 aromatic rings. The molecule has 1 aromatic carbocycles. The number of aryl methyl sites for hydroxylation is 1. The molecule has 0 fully saturated rings. The van der Waals surface area contributed by atoms with Gasteiger partial charge in [0.2, 0.25) is 10.1 Å². The fraction of sp³-hybridized carbons (Fsp3) is 0.267. The molecule has 0 bridgehead atoms. The first-order valence-corrected chi connectivity index (χ1v) is 8.78. The number of nitrogens with one attached hydrogen (secondary N) is 1. The Labute approximate surface area is 145 Å². The van der Waals surface area contributed by atoms with Crippen molar-refractivity contribution in [3.8, 4) is 5.75 Å². The van der Waals surface area contributed by atoms with Crippen LogP contribution in [0.4, 0.5) is 5.13 Å². The zero-order valence-corrected chi connectivity index (χ0v) is 14.9. The molecular formula is C15H15BrN4O2S. The van der Waals surface area contributed by atoms with Crippen LogP contribution in [0.2, 0.25) is 0 Å². The number of nitrogens with zero attached hydrogens (tertiary/aromatic N) is 3. The van der Waals surface area contributed by atoms with Crippen LogP contribution in [-0.4, -0.2) is 27.7 Å². The van der Waals surface area contributed by atoms with Gasteiger partial charge in [0, 0.05) is 16.2 Å². The molecule has 2 heterocycles.